The first-order chi connectivity index (χ1) is 16.9. The molecule has 2 aromatic carbocycles. The van der Waals surface area contributed by atoms with Gasteiger partial charge < -0.3 is 9.84 Å². The smallest absolute Gasteiger partial charge is 0.301 e. The molecular weight excluding hydrogens is 482 g/mol. The molecule has 1 N–H and O–H groups in total. The SMILES string of the molecule is Cc1cccc(COc2ccc(/C(O)=C3\C(=O)C(=O)N(c4nnc(C)s4)[C@H]3c3cccs3)cc2)c1. The van der Waals surface area contributed by atoms with Crippen molar-refractivity contribution < 1.29 is 19.4 Å². The summed E-state index contributed by atoms with van der Waals surface area (Å²) in [5, 5.41) is 22.1. The number of aryl methyl sites for hydroxylation is 2. The number of benzene rings is 2. The summed E-state index contributed by atoms with van der Waals surface area (Å²) >= 11 is 2.62. The van der Waals surface area contributed by atoms with E-state index >= 15 is 0 Å². The van der Waals surface area contributed by atoms with E-state index in [0.29, 0.717) is 28.1 Å². The molecule has 0 spiro atoms. The van der Waals surface area contributed by atoms with Gasteiger partial charge >= 0.3 is 5.91 Å². The summed E-state index contributed by atoms with van der Waals surface area (Å²) in [5.41, 5.74) is 2.66. The zero-order valence-electron chi connectivity index (χ0n) is 19.0. The van der Waals surface area contributed by atoms with Gasteiger partial charge in [0, 0.05) is 10.4 Å². The molecule has 2 aromatic heterocycles. The number of nitrogens with zero attached hydrogens (tertiary/aromatic N) is 3. The molecule has 0 saturated carbocycles. The molecule has 0 bridgehead atoms. The van der Waals surface area contributed by atoms with Gasteiger partial charge in [0.2, 0.25) is 5.13 Å². The van der Waals surface area contributed by atoms with E-state index in [1.807, 2.05) is 42.6 Å². The summed E-state index contributed by atoms with van der Waals surface area (Å²) in [7, 11) is 0. The number of aliphatic hydroxyl groups is 1. The van der Waals surface area contributed by atoms with Crippen molar-refractivity contribution in [2.75, 3.05) is 4.90 Å². The number of ketones is 1. The number of aliphatic hydroxyl groups excluding tert-OH is 1. The van der Waals surface area contributed by atoms with Crippen LogP contribution in [0.1, 0.15) is 32.6 Å². The van der Waals surface area contributed by atoms with Crippen molar-refractivity contribution in [2.45, 2.75) is 26.5 Å². The number of hydrogen-bond acceptors (Lipinski definition) is 8. The van der Waals surface area contributed by atoms with Crippen LogP contribution in [0, 0.1) is 13.8 Å². The van der Waals surface area contributed by atoms with Gasteiger partial charge in [-0.3, -0.25) is 14.5 Å². The summed E-state index contributed by atoms with van der Waals surface area (Å²) in [5.74, 6) is -1.11. The van der Waals surface area contributed by atoms with Crippen LogP contribution in [0.25, 0.3) is 5.76 Å². The average molecular weight is 504 g/mol. The minimum atomic E-state index is -0.778. The molecule has 1 aliphatic heterocycles. The monoisotopic (exact) mass is 503 g/mol. The first kappa shape index (κ1) is 22.9. The Morgan fingerprint density at radius 2 is 1.86 bits per heavy atom. The standard InChI is InChI=1S/C26H21N3O4S2/c1-15-5-3-6-17(13-15)14-33-19-10-8-18(9-11-19)23(30)21-22(20-7-4-12-34-20)29(25(32)24(21)31)26-28-27-16(2)35-26/h3-13,22,30H,14H2,1-2H3/b23-21+/t22-/m0/s1. The fourth-order valence-corrected chi connectivity index (χ4v) is 5.50. The van der Waals surface area contributed by atoms with E-state index in [1.165, 1.54) is 27.6 Å². The minimum absolute atomic E-state index is 0.0266. The van der Waals surface area contributed by atoms with Gasteiger partial charge in [0.15, 0.2) is 0 Å². The first-order valence-electron chi connectivity index (χ1n) is 10.9. The summed E-state index contributed by atoms with van der Waals surface area (Å²) in [6, 6.07) is 17.8. The van der Waals surface area contributed by atoms with E-state index in [4.69, 9.17) is 4.74 Å². The van der Waals surface area contributed by atoms with Crippen molar-refractivity contribution in [1.82, 2.24) is 10.2 Å². The third kappa shape index (κ3) is 4.48. The lowest BCUT2D eigenvalue weighted by Gasteiger charge is -2.20. The summed E-state index contributed by atoms with van der Waals surface area (Å²) in [4.78, 5) is 28.2. The van der Waals surface area contributed by atoms with E-state index in [-0.39, 0.29) is 11.3 Å². The van der Waals surface area contributed by atoms with Gasteiger partial charge in [-0.1, -0.05) is 47.2 Å². The fraction of sp³-hybridized carbons (Fsp3) is 0.154. The molecule has 0 radical (unpaired) electrons. The number of ether oxygens (including phenoxy) is 1. The van der Waals surface area contributed by atoms with Crippen molar-refractivity contribution >= 4 is 45.3 Å². The highest BCUT2D eigenvalue weighted by atomic mass is 32.1. The van der Waals surface area contributed by atoms with Gasteiger partial charge in [0.25, 0.3) is 5.78 Å². The van der Waals surface area contributed by atoms with Crippen LogP contribution in [-0.4, -0.2) is 27.0 Å². The lowest BCUT2D eigenvalue weighted by atomic mass is 10.00. The maximum absolute atomic E-state index is 13.1. The third-order valence-electron chi connectivity index (χ3n) is 5.59. The van der Waals surface area contributed by atoms with Gasteiger partial charge in [-0.25, -0.2) is 0 Å². The van der Waals surface area contributed by atoms with Crippen LogP contribution in [0.5, 0.6) is 5.75 Å². The molecule has 7 nitrogen and oxygen atoms in total. The van der Waals surface area contributed by atoms with E-state index in [9.17, 15) is 14.7 Å². The molecule has 1 aliphatic rings. The Bertz CT molecular complexity index is 1430. The van der Waals surface area contributed by atoms with E-state index < -0.39 is 17.7 Å². The Kier molecular flexibility index (Phi) is 6.19. The molecule has 5 rings (SSSR count). The third-order valence-corrected chi connectivity index (χ3v) is 7.36. The Morgan fingerprint density at radius 3 is 2.51 bits per heavy atom. The maximum atomic E-state index is 13.1. The normalized spacial score (nSPS) is 17.2. The molecule has 0 unspecified atom stereocenters. The topological polar surface area (TPSA) is 92.6 Å². The van der Waals surface area contributed by atoms with Crippen LogP contribution in [0.3, 0.4) is 0 Å². The van der Waals surface area contributed by atoms with Crippen LogP contribution in [0.2, 0.25) is 0 Å². The van der Waals surface area contributed by atoms with Gasteiger partial charge in [0.1, 0.15) is 29.2 Å². The lowest BCUT2D eigenvalue weighted by molar-refractivity contribution is -0.132. The van der Waals surface area contributed by atoms with E-state index in [0.717, 1.165) is 16.0 Å². The van der Waals surface area contributed by atoms with Crippen molar-refractivity contribution in [2.24, 2.45) is 0 Å². The number of hydrogen-bond donors (Lipinski definition) is 1. The van der Waals surface area contributed by atoms with Crippen molar-refractivity contribution in [1.29, 1.82) is 0 Å². The van der Waals surface area contributed by atoms with Crippen molar-refractivity contribution in [3.8, 4) is 5.75 Å². The van der Waals surface area contributed by atoms with Gasteiger partial charge in [0.05, 0.1) is 5.57 Å². The predicted octanol–water partition coefficient (Wildman–Crippen LogP) is 5.42. The second-order valence-electron chi connectivity index (χ2n) is 8.09. The summed E-state index contributed by atoms with van der Waals surface area (Å²) in [6.45, 7) is 4.22. The Hall–Kier alpha value is -3.82. The van der Waals surface area contributed by atoms with Gasteiger partial charge in [-0.2, -0.15) is 0 Å². The zero-order chi connectivity index (χ0) is 24.5. The van der Waals surface area contributed by atoms with Crippen molar-refractivity contribution in [3.63, 3.8) is 0 Å². The molecule has 3 heterocycles. The Morgan fingerprint density at radius 1 is 1.06 bits per heavy atom. The van der Waals surface area contributed by atoms with E-state index in [2.05, 4.69) is 16.3 Å². The molecule has 1 atom stereocenters. The average Bonchev–Trinajstić information content (AvgIpc) is 3.59. The van der Waals surface area contributed by atoms with Gasteiger partial charge in [-0.15, -0.1) is 21.5 Å². The highest BCUT2D eigenvalue weighted by Gasteiger charge is 2.48. The van der Waals surface area contributed by atoms with Crippen LogP contribution in [-0.2, 0) is 16.2 Å². The molecule has 1 amide bonds. The predicted molar refractivity (Wildman–Crippen MR) is 136 cm³/mol. The number of anilines is 1. The molecule has 1 saturated heterocycles. The van der Waals surface area contributed by atoms with E-state index in [1.54, 1.807) is 31.2 Å². The molecular formula is C26H21N3O4S2. The van der Waals surface area contributed by atoms with Gasteiger partial charge in [-0.05, 0) is 55.1 Å². The largest absolute Gasteiger partial charge is 0.507 e. The minimum Gasteiger partial charge on any atom is -0.507 e. The quantitative estimate of drug-likeness (QED) is 0.215. The second kappa shape index (κ2) is 9.44. The second-order valence-corrected chi connectivity index (χ2v) is 10.2. The zero-order valence-corrected chi connectivity index (χ0v) is 20.6. The Labute approximate surface area is 210 Å². The fourth-order valence-electron chi connectivity index (χ4n) is 3.96. The van der Waals surface area contributed by atoms with Crippen LogP contribution >= 0.6 is 22.7 Å². The number of Topliss-reactive ketones (excluding diaryl/α,β-unsaturated/α-hetero) is 1. The summed E-state index contributed by atoms with van der Waals surface area (Å²) in [6.07, 6.45) is 0. The number of carbonyl (C=O) groups excluding carboxylic acids is 2. The molecule has 1 fully saturated rings. The number of aromatic nitrogens is 2. The highest BCUT2D eigenvalue weighted by molar-refractivity contribution is 7.15. The van der Waals surface area contributed by atoms with Crippen LogP contribution in [0.4, 0.5) is 5.13 Å². The lowest BCUT2D eigenvalue weighted by Crippen LogP contribution is -2.29. The first-order valence-corrected chi connectivity index (χ1v) is 12.6. The molecule has 9 heteroatoms. The van der Waals surface area contributed by atoms with Crippen LogP contribution in [0.15, 0.2) is 71.6 Å². The number of carbonyl (C=O) groups is 2. The molecule has 176 valence electrons. The molecule has 0 aliphatic carbocycles. The maximum Gasteiger partial charge on any atom is 0.301 e. The summed E-state index contributed by atoms with van der Waals surface area (Å²) < 4.78 is 5.86. The highest BCUT2D eigenvalue weighted by Crippen LogP contribution is 2.44. The number of rotatable bonds is 6. The number of amides is 1. The molecule has 4 aromatic rings. The Balaban J connectivity index is 1.47. The van der Waals surface area contributed by atoms with Crippen LogP contribution < -0.4 is 9.64 Å². The number of thiophene rings is 1. The van der Waals surface area contributed by atoms with Crippen molar-refractivity contribution in [3.05, 3.63) is 98.2 Å². The molecule has 35 heavy (non-hydrogen) atoms.